The number of aromatic hydroxyl groups is 1. The van der Waals surface area contributed by atoms with E-state index in [-0.39, 0.29) is 11.9 Å². The number of methoxy groups -OCH3 is 1. The molecular weight excluding hydrogens is 240 g/mol. The second-order valence-corrected chi connectivity index (χ2v) is 4.69. The lowest BCUT2D eigenvalue weighted by Gasteiger charge is -2.27. The average molecular weight is 256 g/mol. The van der Waals surface area contributed by atoms with Crippen molar-refractivity contribution < 1.29 is 14.6 Å². The van der Waals surface area contributed by atoms with E-state index in [1.54, 1.807) is 13.2 Å². The monoisotopic (exact) mass is 256 g/mol. The van der Waals surface area contributed by atoms with E-state index in [2.05, 4.69) is 12.1 Å². The van der Waals surface area contributed by atoms with Crippen LogP contribution in [0.15, 0.2) is 42.5 Å². The highest BCUT2D eigenvalue weighted by Gasteiger charge is 2.22. The molecule has 0 spiro atoms. The highest BCUT2D eigenvalue weighted by Crippen LogP contribution is 2.40. The molecular formula is C16H16O3. The third-order valence-electron chi connectivity index (χ3n) is 3.48. The number of aryl methyl sites for hydroxylation is 1. The van der Waals surface area contributed by atoms with E-state index in [1.165, 1.54) is 5.56 Å². The van der Waals surface area contributed by atoms with E-state index in [1.807, 2.05) is 24.3 Å². The van der Waals surface area contributed by atoms with Crippen molar-refractivity contribution in [3.8, 4) is 17.2 Å². The largest absolute Gasteiger partial charge is 0.504 e. The summed E-state index contributed by atoms with van der Waals surface area (Å²) in [5.74, 6) is 1.37. The van der Waals surface area contributed by atoms with Gasteiger partial charge in [0.2, 0.25) is 0 Å². The summed E-state index contributed by atoms with van der Waals surface area (Å²) in [6, 6.07) is 13.7. The number of phenols is 1. The summed E-state index contributed by atoms with van der Waals surface area (Å²) in [6.45, 7) is 0. The predicted octanol–water partition coefficient (Wildman–Crippen LogP) is 3.47. The minimum Gasteiger partial charge on any atom is -0.504 e. The molecule has 0 bridgehead atoms. The molecule has 2 aromatic carbocycles. The lowest BCUT2D eigenvalue weighted by molar-refractivity contribution is 0.175. The molecule has 3 rings (SSSR count). The highest BCUT2D eigenvalue weighted by atomic mass is 16.5. The first-order valence-corrected chi connectivity index (χ1v) is 6.39. The van der Waals surface area contributed by atoms with Gasteiger partial charge in [0.1, 0.15) is 11.9 Å². The van der Waals surface area contributed by atoms with E-state index in [0.717, 1.165) is 24.2 Å². The van der Waals surface area contributed by atoms with Gasteiger partial charge in [-0.05, 0) is 30.0 Å². The zero-order valence-electron chi connectivity index (χ0n) is 10.8. The fourth-order valence-electron chi connectivity index (χ4n) is 2.46. The minimum absolute atomic E-state index is 0.0569. The Morgan fingerprint density at radius 1 is 1.21 bits per heavy atom. The Bertz CT molecular complexity index is 578. The van der Waals surface area contributed by atoms with Gasteiger partial charge in [0.25, 0.3) is 0 Å². The summed E-state index contributed by atoms with van der Waals surface area (Å²) in [5, 5.41) is 9.82. The number of rotatable bonds is 2. The van der Waals surface area contributed by atoms with Crippen molar-refractivity contribution in [3.63, 3.8) is 0 Å². The van der Waals surface area contributed by atoms with Gasteiger partial charge in [0, 0.05) is 6.07 Å². The number of fused-ring (bicyclic) bond motifs is 1. The molecule has 1 heterocycles. The molecule has 0 aliphatic carbocycles. The predicted molar refractivity (Wildman–Crippen MR) is 72.8 cm³/mol. The second kappa shape index (κ2) is 4.84. The van der Waals surface area contributed by atoms with Gasteiger partial charge >= 0.3 is 0 Å². The molecule has 0 saturated carbocycles. The fraction of sp³-hybridized carbons (Fsp3) is 0.250. The Hall–Kier alpha value is -2.16. The number of phenolic OH excluding ortho intramolecular Hbond substituents is 1. The number of benzene rings is 2. The molecule has 0 aromatic heterocycles. The van der Waals surface area contributed by atoms with Crippen LogP contribution in [0.1, 0.15) is 23.7 Å². The summed E-state index contributed by atoms with van der Waals surface area (Å²) in [7, 11) is 1.55. The van der Waals surface area contributed by atoms with Gasteiger partial charge in [-0.1, -0.05) is 30.3 Å². The Morgan fingerprint density at radius 3 is 2.74 bits per heavy atom. The van der Waals surface area contributed by atoms with Crippen LogP contribution in [0, 0.1) is 0 Å². The van der Waals surface area contributed by atoms with Gasteiger partial charge in [-0.3, -0.25) is 0 Å². The first-order valence-electron chi connectivity index (χ1n) is 6.39. The number of ether oxygens (including phenoxy) is 2. The third-order valence-corrected chi connectivity index (χ3v) is 3.48. The molecule has 1 aliphatic heterocycles. The van der Waals surface area contributed by atoms with Crippen LogP contribution in [0.3, 0.4) is 0 Å². The van der Waals surface area contributed by atoms with Crippen LogP contribution in [0.4, 0.5) is 0 Å². The molecule has 2 aromatic rings. The highest BCUT2D eigenvalue weighted by molar-refractivity contribution is 5.51. The zero-order valence-corrected chi connectivity index (χ0v) is 10.8. The van der Waals surface area contributed by atoms with Crippen LogP contribution >= 0.6 is 0 Å². The minimum atomic E-state index is 0.0569. The smallest absolute Gasteiger partial charge is 0.161 e. The van der Waals surface area contributed by atoms with Crippen molar-refractivity contribution in [1.29, 1.82) is 0 Å². The summed E-state index contributed by atoms with van der Waals surface area (Å²) in [5.41, 5.74) is 2.25. The van der Waals surface area contributed by atoms with E-state index in [0.29, 0.717) is 5.75 Å². The average Bonchev–Trinajstić information content (AvgIpc) is 2.47. The maximum atomic E-state index is 9.82. The molecule has 0 radical (unpaired) electrons. The number of hydrogen-bond donors (Lipinski definition) is 1. The standard InChI is InChI=1S/C16H16O3/c1-18-16-9-12-7-8-14(11-5-3-2-4-6-11)19-15(12)10-13(16)17/h2-6,9-10,14,17H,7-8H2,1H3/t14-/m0/s1. The molecule has 1 N–H and O–H groups in total. The summed E-state index contributed by atoms with van der Waals surface area (Å²) < 4.78 is 11.1. The first kappa shape index (κ1) is 11.9. The van der Waals surface area contributed by atoms with Crippen LogP contribution in [0.2, 0.25) is 0 Å². The van der Waals surface area contributed by atoms with Crippen molar-refractivity contribution in [1.82, 2.24) is 0 Å². The van der Waals surface area contributed by atoms with Gasteiger partial charge in [-0.25, -0.2) is 0 Å². The van der Waals surface area contributed by atoms with Crippen molar-refractivity contribution in [2.45, 2.75) is 18.9 Å². The van der Waals surface area contributed by atoms with E-state index in [9.17, 15) is 5.11 Å². The molecule has 3 nitrogen and oxygen atoms in total. The van der Waals surface area contributed by atoms with Crippen LogP contribution in [0.25, 0.3) is 0 Å². The maximum absolute atomic E-state index is 9.82. The van der Waals surface area contributed by atoms with Gasteiger partial charge in [0.15, 0.2) is 11.5 Å². The van der Waals surface area contributed by atoms with Gasteiger partial charge in [0.05, 0.1) is 7.11 Å². The SMILES string of the molecule is COc1cc2c(cc1O)O[C@H](c1ccccc1)CC2. The molecule has 0 amide bonds. The summed E-state index contributed by atoms with van der Waals surface area (Å²) >= 11 is 0. The molecule has 19 heavy (non-hydrogen) atoms. The van der Waals surface area contributed by atoms with Crippen molar-refractivity contribution in [2.24, 2.45) is 0 Å². The van der Waals surface area contributed by atoms with Crippen LogP contribution in [0.5, 0.6) is 17.2 Å². The van der Waals surface area contributed by atoms with Crippen LogP contribution in [-0.2, 0) is 6.42 Å². The Balaban J connectivity index is 1.90. The van der Waals surface area contributed by atoms with E-state index in [4.69, 9.17) is 9.47 Å². The van der Waals surface area contributed by atoms with Crippen molar-refractivity contribution in [2.75, 3.05) is 7.11 Å². The Morgan fingerprint density at radius 2 is 2.00 bits per heavy atom. The molecule has 0 fully saturated rings. The topological polar surface area (TPSA) is 38.7 Å². The summed E-state index contributed by atoms with van der Waals surface area (Å²) in [4.78, 5) is 0. The molecule has 1 aliphatic rings. The molecule has 0 unspecified atom stereocenters. The zero-order chi connectivity index (χ0) is 13.2. The van der Waals surface area contributed by atoms with Gasteiger partial charge in [-0.2, -0.15) is 0 Å². The van der Waals surface area contributed by atoms with Crippen LogP contribution < -0.4 is 9.47 Å². The van der Waals surface area contributed by atoms with E-state index >= 15 is 0 Å². The lowest BCUT2D eigenvalue weighted by Crippen LogP contribution is -2.15. The van der Waals surface area contributed by atoms with Crippen LogP contribution in [-0.4, -0.2) is 12.2 Å². The second-order valence-electron chi connectivity index (χ2n) is 4.69. The van der Waals surface area contributed by atoms with Crippen molar-refractivity contribution >= 4 is 0 Å². The molecule has 3 heteroatoms. The van der Waals surface area contributed by atoms with Gasteiger partial charge < -0.3 is 14.6 Å². The third kappa shape index (κ3) is 2.24. The quantitative estimate of drug-likeness (QED) is 0.894. The first-order chi connectivity index (χ1) is 9.28. The molecule has 98 valence electrons. The summed E-state index contributed by atoms with van der Waals surface area (Å²) in [6.07, 6.45) is 1.91. The Kier molecular flexibility index (Phi) is 3.03. The van der Waals surface area contributed by atoms with Gasteiger partial charge in [-0.15, -0.1) is 0 Å². The molecule has 0 saturated heterocycles. The normalized spacial score (nSPS) is 17.4. The van der Waals surface area contributed by atoms with Crippen molar-refractivity contribution in [3.05, 3.63) is 53.6 Å². The van der Waals surface area contributed by atoms with E-state index < -0.39 is 0 Å². The molecule has 1 atom stereocenters. The maximum Gasteiger partial charge on any atom is 0.161 e. The number of hydrogen-bond acceptors (Lipinski definition) is 3. The lowest BCUT2D eigenvalue weighted by atomic mass is 9.97. The fourth-order valence-corrected chi connectivity index (χ4v) is 2.46. The Labute approximate surface area is 112 Å².